The van der Waals surface area contributed by atoms with Gasteiger partial charge >= 0.3 is 6.03 Å². The summed E-state index contributed by atoms with van der Waals surface area (Å²) in [5.41, 5.74) is 2.27. The third-order valence-corrected chi connectivity index (χ3v) is 3.36. The molecule has 1 unspecified atom stereocenters. The number of hydrogen-bond acceptors (Lipinski definition) is 1. The fourth-order valence-corrected chi connectivity index (χ4v) is 2.25. The molecule has 0 saturated carbocycles. The standard InChI is InChI=1S/C17H19ClN2O/c18-11-12-19-17(21)20-16(15-9-5-2-6-10-15)13-14-7-3-1-4-8-14/h1-10,16H,11-13H2,(H2,19,20,21). The zero-order valence-corrected chi connectivity index (χ0v) is 12.5. The van der Waals surface area contributed by atoms with Crippen LogP contribution in [0.4, 0.5) is 4.79 Å². The Hall–Kier alpha value is -2.00. The van der Waals surface area contributed by atoms with Crippen LogP contribution in [0.2, 0.25) is 0 Å². The molecule has 0 saturated heterocycles. The molecule has 2 aromatic carbocycles. The molecule has 0 fully saturated rings. The van der Waals surface area contributed by atoms with Crippen LogP contribution in [-0.4, -0.2) is 18.5 Å². The minimum Gasteiger partial charge on any atom is -0.337 e. The molecule has 3 nitrogen and oxygen atoms in total. The lowest BCUT2D eigenvalue weighted by Crippen LogP contribution is -2.39. The molecule has 0 aromatic heterocycles. The van der Waals surface area contributed by atoms with Crippen molar-refractivity contribution in [2.75, 3.05) is 12.4 Å². The second kappa shape index (κ2) is 8.32. The molecule has 1 atom stereocenters. The van der Waals surface area contributed by atoms with Crippen molar-refractivity contribution in [3.8, 4) is 0 Å². The van der Waals surface area contributed by atoms with Crippen molar-refractivity contribution in [1.29, 1.82) is 0 Å². The van der Waals surface area contributed by atoms with E-state index in [4.69, 9.17) is 11.6 Å². The molecule has 0 spiro atoms. The number of carbonyl (C=O) groups excluding carboxylic acids is 1. The highest BCUT2D eigenvalue weighted by molar-refractivity contribution is 6.18. The molecule has 0 aliphatic heterocycles. The second-order valence-electron chi connectivity index (χ2n) is 4.74. The van der Waals surface area contributed by atoms with E-state index in [1.54, 1.807) is 0 Å². The number of halogens is 1. The molecule has 0 bridgehead atoms. The lowest BCUT2D eigenvalue weighted by Gasteiger charge is -2.19. The zero-order valence-electron chi connectivity index (χ0n) is 11.8. The van der Waals surface area contributed by atoms with Gasteiger partial charge in [0.2, 0.25) is 0 Å². The van der Waals surface area contributed by atoms with Crippen LogP contribution in [0.1, 0.15) is 17.2 Å². The monoisotopic (exact) mass is 302 g/mol. The van der Waals surface area contributed by atoms with Crippen LogP contribution in [-0.2, 0) is 6.42 Å². The van der Waals surface area contributed by atoms with E-state index in [-0.39, 0.29) is 12.1 Å². The van der Waals surface area contributed by atoms with Gasteiger partial charge in [0.05, 0.1) is 6.04 Å². The Balaban J connectivity index is 2.09. The predicted octanol–water partition coefficient (Wildman–Crippen LogP) is 3.51. The van der Waals surface area contributed by atoms with Crippen molar-refractivity contribution >= 4 is 17.6 Å². The normalized spacial score (nSPS) is 11.7. The zero-order chi connectivity index (χ0) is 14.9. The van der Waals surface area contributed by atoms with Crippen molar-refractivity contribution in [3.05, 3.63) is 71.8 Å². The summed E-state index contributed by atoms with van der Waals surface area (Å²) in [6.07, 6.45) is 0.749. The van der Waals surface area contributed by atoms with Gasteiger partial charge in [0.15, 0.2) is 0 Å². The molecule has 0 aliphatic rings. The fourth-order valence-electron chi connectivity index (χ4n) is 2.16. The Bertz CT molecular complexity index is 545. The smallest absolute Gasteiger partial charge is 0.315 e. The van der Waals surface area contributed by atoms with E-state index < -0.39 is 0 Å². The largest absolute Gasteiger partial charge is 0.337 e. The molecule has 4 heteroatoms. The highest BCUT2D eigenvalue weighted by Crippen LogP contribution is 2.18. The van der Waals surface area contributed by atoms with Crippen molar-refractivity contribution in [1.82, 2.24) is 10.6 Å². The topological polar surface area (TPSA) is 41.1 Å². The van der Waals surface area contributed by atoms with E-state index in [1.807, 2.05) is 48.5 Å². The summed E-state index contributed by atoms with van der Waals surface area (Å²) < 4.78 is 0. The maximum atomic E-state index is 11.9. The summed E-state index contributed by atoms with van der Waals surface area (Å²) >= 11 is 5.59. The van der Waals surface area contributed by atoms with Gasteiger partial charge in [0.25, 0.3) is 0 Å². The highest BCUT2D eigenvalue weighted by Gasteiger charge is 2.14. The summed E-state index contributed by atoms with van der Waals surface area (Å²) in [4.78, 5) is 11.9. The SMILES string of the molecule is O=C(NCCCl)NC(Cc1ccccc1)c1ccccc1. The van der Waals surface area contributed by atoms with E-state index in [1.165, 1.54) is 5.56 Å². The van der Waals surface area contributed by atoms with Crippen LogP contribution >= 0.6 is 11.6 Å². The fraction of sp³-hybridized carbons (Fsp3) is 0.235. The lowest BCUT2D eigenvalue weighted by atomic mass is 9.99. The molecule has 0 heterocycles. The summed E-state index contributed by atoms with van der Waals surface area (Å²) in [6, 6.07) is 19.8. The van der Waals surface area contributed by atoms with Gasteiger partial charge in [-0.3, -0.25) is 0 Å². The van der Waals surface area contributed by atoms with E-state index in [0.29, 0.717) is 12.4 Å². The molecule has 21 heavy (non-hydrogen) atoms. The minimum atomic E-state index is -0.194. The molecular formula is C17H19ClN2O. The van der Waals surface area contributed by atoms with Crippen LogP contribution in [0, 0.1) is 0 Å². The first-order chi connectivity index (χ1) is 10.3. The lowest BCUT2D eigenvalue weighted by molar-refractivity contribution is 0.237. The number of rotatable bonds is 6. The number of alkyl halides is 1. The number of hydrogen-bond donors (Lipinski definition) is 2. The van der Waals surface area contributed by atoms with Crippen molar-refractivity contribution < 1.29 is 4.79 Å². The van der Waals surface area contributed by atoms with Gasteiger partial charge in [-0.05, 0) is 17.5 Å². The number of benzene rings is 2. The van der Waals surface area contributed by atoms with Gasteiger partial charge in [-0.1, -0.05) is 60.7 Å². The van der Waals surface area contributed by atoms with Gasteiger partial charge in [0.1, 0.15) is 0 Å². The predicted molar refractivity (Wildman–Crippen MR) is 86.6 cm³/mol. The van der Waals surface area contributed by atoms with Crippen molar-refractivity contribution in [3.63, 3.8) is 0 Å². The molecule has 2 aromatic rings. The molecule has 2 amide bonds. The summed E-state index contributed by atoms with van der Waals surface area (Å²) in [6.45, 7) is 0.459. The van der Waals surface area contributed by atoms with E-state index >= 15 is 0 Å². The summed E-state index contributed by atoms with van der Waals surface area (Å²) in [5.74, 6) is 0.405. The third-order valence-electron chi connectivity index (χ3n) is 3.17. The average molecular weight is 303 g/mol. The Morgan fingerprint density at radius 1 is 1.00 bits per heavy atom. The third kappa shape index (κ3) is 5.12. The Morgan fingerprint density at radius 3 is 2.24 bits per heavy atom. The molecule has 110 valence electrons. The van der Waals surface area contributed by atoms with Crippen molar-refractivity contribution in [2.45, 2.75) is 12.5 Å². The van der Waals surface area contributed by atoms with Gasteiger partial charge in [-0.25, -0.2) is 4.79 Å². The van der Waals surface area contributed by atoms with Crippen LogP contribution in [0.5, 0.6) is 0 Å². The van der Waals surface area contributed by atoms with Gasteiger partial charge in [0, 0.05) is 12.4 Å². The molecular weight excluding hydrogens is 284 g/mol. The van der Waals surface area contributed by atoms with Crippen LogP contribution in [0.15, 0.2) is 60.7 Å². The number of urea groups is 1. The first-order valence-corrected chi connectivity index (χ1v) is 7.52. The van der Waals surface area contributed by atoms with Crippen LogP contribution in [0.3, 0.4) is 0 Å². The first kappa shape index (κ1) is 15.4. The van der Waals surface area contributed by atoms with Gasteiger partial charge < -0.3 is 10.6 Å². The van der Waals surface area contributed by atoms with Gasteiger partial charge in [-0.15, -0.1) is 11.6 Å². The number of nitrogens with one attached hydrogen (secondary N) is 2. The maximum Gasteiger partial charge on any atom is 0.315 e. The highest BCUT2D eigenvalue weighted by atomic mass is 35.5. The van der Waals surface area contributed by atoms with Crippen molar-refractivity contribution in [2.24, 2.45) is 0 Å². The Morgan fingerprint density at radius 2 is 1.62 bits per heavy atom. The summed E-state index contributed by atoms with van der Waals surface area (Å²) in [7, 11) is 0. The van der Waals surface area contributed by atoms with Gasteiger partial charge in [-0.2, -0.15) is 0 Å². The minimum absolute atomic E-state index is 0.0658. The van der Waals surface area contributed by atoms with Crippen LogP contribution in [0.25, 0.3) is 0 Å². The van der Waals surface area contributed by atoms with E-state index in [9.17, 15) is 4.79 Å². The molecule has 2 rings (SSSR count). The average Bonchev–Trinajstić information content (AvgIpc) is 2.54. The number of carbonyl (C=O) groups is 1. The second-order valence-corrected chi connectivity index (χ2v) is 5.12. The molecule has 0 radical (unpaired) electrons. The van der Waals surface area contributed by atoms with E-state index in [0.717, 1.165) is 12.0 Å². The Kier molecular flexibility index (Phi) is 6.10. The maximum absolute atomic E-state index is 11.9. The van der Waals surface area contributed by atoms with Crippen LogP contribution < -0.4 is 10.6 Å². The quantitative estimate of drug-likeness (QED) is 0.788. The van der Waals surface area contributed by atoms with E-state index in [2.05, 4.69) is 22.8 Å². The summed E-state index contributed by atoms with van der Waals surface area (Å²) in [5, 5.41) is 5.74. The molecule has 0 aliphatic carbocycles. The number of amides is 2. The Labute approximate surface area is 130 Å². The molecule has 2 N–H and O–H groups in total. The first-order valence-electron chi connectivity index (χ1n) is 6.99.